The highest BCUT2D eigenvalue weighted by molar-refractivity contribution is 7.88. The Bertz CT molecular complexity index is 501. The molecule has 6 heteroatoms. The van der Waals surface area contributed by atoms with Crippen LogP contribution in [0.2, 0.25) is 5.15 Å². The number of hydrogen-bond acceptors (Lipinski definition) is 3. The molecule has 2 heterocycles. The van der Waals surface area contributed by atoms with Crippen molar-refractivity contribution in [2.75, 3.05) is 19.3 Å². The molecule has 1 fully saturated rings. The first-order chi connectivity index (χ1) is 8.45. The molecule has 100 valence electrons. The quantitative estimate of drug-likeness (QED) is 0.799. The number of pyridine rings is 1. The summed E-state index contributed by atoms with van der Waals surface area (Å²) in [6.07, 6.45) is 5.89. The normalized spacial score (nSPS) is 22.0. The summed E-state index contributed by atoms with van der Waals surface area (Å²) < 4.78 is 24.6. The molecule has 1 aromatic heterocycles. The van der Waals surface area contributed by atoms with Gasteiger partial charge in [-0.1, -0.05) is 17.7 Å². The second kappa shape index (κ2) is 5.55. The number of piperidine rings is 1. The number of hydrogen-bond donors (Lipinski definition) is 0. The molecule has 1 aliphatic rings. The van der Waals surface area contributed by atoms with E-state index in [0.717, 1.165) is 24.8 Å². The van der Waals surface area contributed by atoms with Crippen molar-refractivity contribution in [1.82, 2.24) is 9.29 Å². The molecule has 0 aromatic carbocycles. The van der Waals surface area contributed by atoms with Crippen LogP contribution in [0.4, 0.5) is 0 Å². The summed E-state index contributed by atoms with van der Waals surface area (Å²) in [4.78, 5) is 4.05. The van der Waals surface area contributed by atoms with Crippen LogP contribution in [0, 0.1) is 5.92 Å². The molecule has 2 rings (SSSR count). The Kier molecular flexibility index (Phi) is 4.25. The molecule has 18 heavy (non-hydrogen) atoms. The Morgan fingerprint density at radius 2 is 2.28 bits per heavy atom. The summed E-state index contributed by atoms with van der Waals surface area (Å²) in [5, 5.41) is 0.486. The minimum Gasteiger partial charge on any atom is -0.244 e. The van der Waals surface area contributed by atoms with Crippen molar-refractivity contribution >= 4 is 21.6 Å². The van der Waals surface area contributed by atoms with Gasteiger partial charge in [0.1, 0.15) is 5.15 Å². The topological polar surface area (TPSA) is 50.3 Å². The van der Waals surface area contributed by atoms with Gasteiger partial charge in [-0.15, -0.1) is 0 Å². The second-order valence-electron chi connectivity index (χ2n) is 4.82. The third-order valence-corrected chi connectivity index (χ3v) is 4.76. The summed E-state index contributed by atoms with van der Waals surface area (Å²) in [5.74, 6) is 0.372. The molecular weight excluding hydrogens is 272 g/mol. The fraction of sp³-hybridized carbons (Fsp3) is 0.583. The van der Waals surface area contributed by atoms with Gasteiger partial charge >= 0.3 is 0 Å². The summed E-state index contributed by atoms with van der Waals surface area (Å²) in [6, 6.07) is 3.72. The summed E-state index contributed by atoms with van der Waals surface area (Å²) in [6.45, 7) is 1.26. The third-order valence-electron chi connectivity index (χ3n) is 3.26. The van der Waals surface area contributed by atoms with Crippen LogP contribution in [-0.2, 0) is 16.4 Å². The van der Waals surface area contributed by atoms with Gasteiger partial charge < -0.3 is 0 Å². The Morgan fingerprint density at radius 3 is 2.89 bits per heavy atom. The smallest absolute Gasteiger partial charge is 0.211 e. The van der Waals surface area contributed by atoms with E-state index in [9.17, 15) is 8.42 Å². The number of aromatic nitrogens is 1. The van der Waals surface area contributed by atoms with Gasteiger partial charge in [-0.2, -0.15) is 0 Å². The highest BCUT2D eigenvalue weighted by Gasteiger charge is 2.25. The van der Waals surface area contributed by atoms with E-state index in [0.29, 0.717) is 24.2 Å². The highest BCUT2D eigenvalue weighted by Crippen LogP contribution is 2.22. The summed E-state index contributed by atoms with van der Waals surface area (Å²) in [7, 11) is -3.06. The van der Waals surface area contributed by atoms with Gasteiger partial charge in [-0.05, 0) is 36.8 Å². The summed E-state index contributed by atoms with van der Waals surface area (Å²) in [5.41, 5.74) is 1.11. The van der Waals surface area contributed by atoms with E-state index in [1.165, 1.54) is 6.26 Å². The zero-order valence-electron chi connectivity index (χ0n) is 10.3. The predicted molar refractivity (Wildman–Crippen MR) is 72.1 cm³/mol. The van der Waals surface area contributed by atoms with E-state index >= 15 is 0 Å². The van der Waals surface area contributed by atoms with Crippen LogP contribution in [0.1, 0.15) is 18.4 Å². The molecule has 1 atom stereocenters. The van der Waals surface area contributed by atoms with Crippen LogP contribution < -0.4 is 0 Å². The Balaban J connectivity index is 2.00. The van der Waals surface area contributed by atoms with Crippen LogP contribution in [0.15, 0.2) is 18.3 Å². The van der Waals surface area contributed by atoms with E-state index in [1.807, 2.05) is 6.07 Å². The van der Waals surface area contributed by atoms with Crippen molar-refractivity contribution in [2.24, 2.45) is 5.92 Å². The van der Waals surface area contributed by atoms with Gasteiger partial charge in [0.2, 0.25) is 10.0 Å². The number of sulfonamides is 1. The largest absolute Gasteiger partial charge is 0.244 e. The SMILES string of the molecule is CS(=O)(=O)N1CCC[C@H](Cc2ccc(Cl)nc2)C1. The number of halogens is 1. The lowest BCUT2D eigenvalue weighted by atomic mass is 9.93. The number of nitrogens with zero attached hydrogens (tertiary/aromatic N) is 2. The van der Waals surface area contributed by atoms with Crippen molar-refractivity contribution < 1.29 is 8.42 Å². The Labute approximate surface area is 113 Å². The standard InChI is InChI=1S/C12H17ClN2O2S/c1-18(16,17)15-6-2-3-11(9-15)7-10-4-5-12(13)14-8-10/h4-5,8,11H,2-3,6-7,9H2,1H3/t11-/m1/s1. The fourth-order valence-corrected chi connectivity index (χ4v) is 3.41. The maximum absolute atomic E-state index is 11.5. The molecule has 0 N–H and O–H groups in total. The van der Waals surface area contributed by atoms with Gasteiger partial charge in [-0.3, -0.25) is 0 Å². The Morgan fingerprint density at radius 1 is 1.50 bits per heavy atom. The maximum Gasteiger partial charge on any atom is 0.211 e. The second-order valence-corrected chi connectivity index (χ2v) is 7.19. The molecule has 0 saturated carbocycles. The molecular formula is C12H17ClN2O2S. The van der Waals surface area contributed by atoms with Crippen molar-refractivity contribution in [3.8, 4) is 0 Å². The van der Waals surface area contributed by atoms with Gasteiger partial charge in [0, 0.05) is 19.3 Å². The highest BCUT2D eigenvalue weighted by atomic mass is 35.5. The zero-order valence-corrected chi connectivity index (χ0v) is 11.9. The van der Waals surface area contributed by atoms with Crippen molar-refractivity contribution in [3.63, 3.8) is 0 Å². The molecule has 0 radical (unpaired) electrons. The van der Waals surface area contributed by atoms with Crippen molar-refractivity contribution in [1.29, 1.82) is 0 Å². The molecule has 0 unspecified atom stereocenters. The Hall–Kier alpha value is -0.650. The monoisotopic (exact) mass is 288 g/mol. The fourth-order valence-electron chi connectivity index (χ4n) is 2.36. The van der Waals surface area contributed by atoms with Gasteiger partial charge in [0.25, 0.3) is 0 Å². The van der Waals surface area contributed by atoms with E-state index in [1.54, 1.807) is 16.6 Å². The first-order valence-corrected chi connectivity index (χ1v) is 8.23. The lowest BCUT2D eigenvalue weighted by molar-refractivity contribution is 0.266. The lowest BCUT2D eigenvalue weighted by Crippen LogP contribution is -2.39. The molecule has 0 amide bonds. The predicted octanol–water partition coefficient (Wildman–Crippen LogP) is 1.95. The first kappa shape index (κ1) is 13.8. The maximum atomic E-state index is 11.5. The van der Waals surface area contributed by atoms with Crippen molar-refractivity contribution in [3.05, 3.63) is 29.0 Å². The molecule has 0 spiro atoms. The molecule has 1 aromatic rings. The van der Waals surface area contributed by atoms with Gasteiger partial charge in [0.05, 0.1) is 6.26 Å². The van der Waals surface area contributed by atoms with Gasteiger partial charge in [-0.25, -0.2) is 17.7 Å². The minimum absolute atomic E-state index is 0.372. The lowest BCUT2D eigenvalue weighted by Gasteiger charge is -2.30. The van der Waals surface area contributed by atoms with Crippen LogP contribution in [0.25, 0.3) is 0 Å². The molecule has 1 saturated heterocycles. The van der Waals surface area contributed by atoms with E-state index < -0.39 is 10.0 Å². The summed E-state index contributed by atoms with van der Waals surface area (Å²) >= 11 is 5.74. The van der Waals surface area contributed by atoms with Crippen LogP contribution in [0.3, 0.4) is 0 Å². The first-order valence-electron chi connectivity index (χ1n) is 6.01. The zero-order chi connectivity index (χ0) is 13.2. The molecule has 4 nitrogen and oxygen atoms in total. The molecule has 1 aliphatic heterocycles. The van der Waals surface area contributed by atoms with Crippen LogP contribution >= 0.6 is 11.6 Å². The van der Waals surface area contributed by atoms with Gasteiger partial charge in [0.15, 0.2) is 0 Å². The van der Waals surface area contributed by atoms with E-state index in [2.05, 4.69) is 4.98 Å². The van der Waals surface area contributed by atoms with E-state index in [-0.39, 0.29) is 0 Å². The minimum atomic E-state index is -3.06. The van der Waals surface area contributed by atoms with Crippen LogP contribution in [-0.4, -0.2) is 37.1 Å². The average Bonchev–Trinajstić information content (AvgIpc) is 2.31. The van der Waals surface area contributed by atoms with Crippen molar-refractivity contribution in [2.45, 2.75) is 19.3 Å². The average molecular weight is 289 g/mol. The third kappa shape index (κ3) is 3.67. The van der Waals surface area contributed by atoms with Crippen LogP contribution in [0.5, 0.6) is 0 Å². The number of rotatable bonds is 3. The van der Waals surface area contributed by atoms with E-state index in [4.69, 9.17) is 11.6 Å². The molecule has 0 bridgehead atoms. The molecule has 0 aliphatic carbocycles.